The van der Waals surface area contributed by atoms with Gasteiger partial charge in [0.2, 0.25) is 0 Å². The minimum absolute atomic E-state index is 0.343. The monoisotopic (exact) mass is 368 g/mol. The molecule has 0 radical (unpaired) electrons. The number of hydrogen-bond acceptors (Lipinski definition) is 4. The number of ether oxygens (including phenoxy) is 1. The predicted molar refractivity (Wildman–Crippen MR) is 95.3 cm³/mol. The van der Waals surface area contributed by atoms with E-state index in [9.17, 15) is 4.79 Å². The van der Waals surface area contributed by atoms with Crippen molar-refractivity contribution in [1.29, 1.82) is 0 Å². The summed E-state index contributed by atoms with van der Waals surface area (Å²) in [6.45, 7) is 7.09. The van der Waals surface area contributed by atoms with Crippen molar-refractivity contribution < 1.29 is 9.53 Å². The van der Waals surface area contributed by atoms with E-state index in [4.69, 9.17) is 27.9 Å². The third kappa shape index (κ3) is 4.49. The molecule has 0 aliphatic heterocycles. The van der Waals surface area contributed by atoms with Gasteiger partial charge in [-0.05, 0) is 39.8 Å². The highest BCUT2D eigenvalue weighted by Crippen LogP contribution is 2.26. The van der Waals surface area contributed by atoms with Crippen molar-refractivity contribution in [2.75, 3.05) is 0 Å². The zero-order chi connectivity index (χ0) is 17.9. The van der Waals surface area contributed by atoms with Crippen LogP contribution in [0.2, 0.25) is 10.2 Å². The lowest BCUT2D eigenvalue weighted by Gasteiger charge is -2.18. The lowest BCUT2D eigenvalue weighted by atomic mass is 10.2. The van der Waals surface area contributed by atoms with E-state index in [0.29, 0.717) is 27.1 Å². The summed E-state index contributed by atoms with van der Waals surface area (Å²) < 4.78 is 6.61. The van der Waals surface area contributed by atoms with E-state index in [1.807, 2.05) is 12.1 Å². The number of carbonyl (C=O) groups excluding carboxylic acids is 1. The zero-order valence-electron chi connectivity index (χ0n) is 13.8. The summed E-state index contributed by atoms with van der Waals surface area (Å²) in [5.74, 6) is 0. The van der Waals surface area contributed by atoms with Crippen molar-refractivity contribution in [2.45, 2.75) is 33.3 Å². The van der Waals surface area contributed by atoms with Crippen LogP contribution in [-0.4, -0.2) is 27.7 Å². The SMILES string of the molecule is Cc1nn(-c2ccccc2Cl)c(Cl)c1/C=N/NC(=O)OC(C)(C)C. The van der Waals surface area contributed by atoms with E-state index in [1.54, 1.807) is 39.8 Å². The normalized spacial score (nSPS) is 11.8. The molecule has 0 atom stereocenters. The van der Waals surface area contributed by atoms with Gasteiger partial charge in [0.05, 0.1) is 28.2 Å². The van der Waals surface area contributed by atoms with Gasteiger partial charge in [-0.1, -0.05) is 35.3 Å². The van der Waals surface area contributed by atoms with Crippen LogP contribution in [0.1, 0.15) is 32.0 Å². The number of nitrogens with zero attached hydrogens (tertiary/aromatic N) is 3. The fourth-order valence-corrected chi connectivity index (χ4v) is 2.42. The second kappa shape index (κ2) is 7.23. The van der Waals surface area contributed by atoms with E-state index in [1.165, 1.54) is 10.9 Å². The van der Waals surface area contributed by atoms with Gasteiger partial charge < -0.3 is 4.74 Å². The van der Waals surface area contributed by atoms with Crippen molar-refractivity contribution >= 4 is 35.5 Å². The number of nitrogens with one attached hydrogen (secondary N) is 1. The third-order valence-corrected chi connectivity index (χ3v) is 3.56. The Hall–Kier alpha value is -2.05. The first kappa shape index (κ1) is 18.3. The van der Waals surface area contributed by atoms with Crippen molar-refractivity contribution in [3.05, 3.63) is 45.7 Å². The zero-order valence-corrected chi connectivity index (χ0v) is 15.3. The molecule has 128 valence electrons. The van der Waals surface area contributed by atoms with Crippen LogP contribution >= 0.6 is 23.2 Å². The maximum atomic E-state index is 11.6. The Morgan fingerprint density at radius 3 is 2.62 bits per heavy atom. The Kier molecular flexibility index (Phi) is 5.51. The Balaban J connectivity index is 2.20. The molecule has 24 heavy (non-hydrogen) atoms. The van der Waals surface area contributed by atoms with E-state index >= 15 is 0 Å². The number of rotatable bonds is 3. The molecule has 0 fully saturated rings. The summed E-state index contributed by atoms with van der Waals surface area (Å²) in [6.07, 6.45) is 0.771. The number of amides is 1. The largest absolute Gasteiger partial charge is 0.443 e. The van der Waals surface area contributed by atoms with Gasteiger partial charge in [0, 0.05) is 0 Å². The fourth-order valence-electron chi connectivity index (χ4n) is 1.89. The van der Waals surface area contributed by atoms with Crippen LogP contribution in [0.5, 0.6) is 0 Å². The van der Waals surface area contributed by atoms with Crippen molar-refractivity contribution in [3.63, 3.8) is 0 Å². The van der Waals surface area contributed by atoms with E-state index in [-0.39, 0.29) is 0 Å². The molecule has 0 aliphatic carbocycles. The fraction of sp³-hybridized carbons (Fsp3) is 0.312. The molecule has 0 aliphatic rings. The molecule has 1 aromatic carbocycles. The number of carbonyl (C=O) groups is 1. The molecule has 8 heteroatoms. The van der Waals surface area contributed by atoms with Crippen LogP contribution in [0.25, 0.3) is 5.69 Å². The lowest BCUT2D eigenvalue weighted by Crippen LogP contribution is -2.29. The molecule has 0 bridgehead atoms. The molecule has 6 nitrogen and oxygen atoms in total. The molecule has 1 aromatic heterocycles. The first-order valence-corrected chi connectivity index (χ1v) is 7.96. The maximum Gasteiger partial charge on any atom is 0.428 e. The average molecular weight is 369 g/mol. The van der Waals surface area contributed by atoms with Crippen LogP contribution in [0.4, 0.5) is 4.79 Å². The molecule has 0 saturated heterocycles. The number of benzene rings is 1. The molecule has 0 saturated carbocycles. The lowest BCUT2D eigenvalue weighted by molar-refractivity contribution is 0.0529. The smallest absolute Gasteiger partial charge is 0.428 e. The summed E-state index contributed by atoms with van der Waals surface area (Å²) >= 11 is 12.5. The number of hydrogen-bond donors (Lipinski definition) is 1. The van der Waals surface area contributed by atoms with Gasteiger partial charge >= 0.3 is 6.09 Å². The van der Waals surface area contributed by atoms with Gasteiger partial charge in [0.15, 0.2) is 0 Å². The van der Waals surface area contributed by atoms with Gasteiger partial charge in [0.25, 0.3) is 0 Å². The summed E-state index contributed by atoms with van der Waals surface area (Å²) in [4.78, 5) is 11.6. The predicted octanol–water partition coefficient (Wildman–Crippen LogP) is 4.35. The molecule has 1 heterocycles. The van der Waals surface area contributed by atoms with Crippen LogP contribution < -0.4 is 5.43 Å². The number of aromatic nitrogens is 2. The van der Waals surface area contributed by atoms with E-state index in [2.05, 4.69) is 15.6 Å². The second-order valence-corrected chi connectivity index (χ2v) is 6.79. The molecular weight excluding hydrogens is 351 g/mol. The van der Waals surface area contributed by atoms with Crippen molar-refractivity contribution in [3.8, 4) is 5.69 Å². The number of hydrazone groups is 1. The highest BCUT2D eigenvalue weighted by Gasteiger charge is 2.17. The Bertz CT molecular complexity index is 779. The van der Waals surface area contributed by atoms with E-state index in [0.717, 1.165) is 0 Å². The molecule has 2 rings (SSSR count). The number of aryl methyl sites for hydroxylation is 1. The Morgan fingerprint density at radius 2 is 2.00 bits per heavy atom. The average Bonchev–Trinajstić information content (AvgIpc) is 2.74. The number of para-hydroxylation sites is 1. The first-order chi connectivity index (χ1) is 11.2. The minimum atomic E-state index is -0.647. The van der Waals surface area contributed by atoms with Crippen LogP contribution in [0, 0.1) is 6.92 Å². The van der Waals surface area contributed by atoms with Crippen molar-refractivity contribution in [1.82, 2.24) is 15.2 Å². The molecule has 2 aromatic rings. The first-order valence-electron chi connectivity index (χ1n) is 7.21. The van der Waals surface area contributed by atoms with Crippen molar-refractivity contribution in [2.24, 2.45) is 5.10 Å². The Labute approximate surface area is 150 Å². The summed E-state index contributed by atoms with van der Waals surface area (Å²) in [5.41, 5.74) is 3.58. The molecule has 0 spiro atoms. The molecular formula is C16H18Cl2N4O2. The third-order valence-electron chi connectivity index (χ3n) is 2.88. The number of halogens is 2. The van der Waals surface area contributed by atoms with Gasteiger partial charge in [-0.2, -0.15) is 10.2 Å². The van der Waals surface area contributed by atoms with Crippen LogP contribution in [0.3, 0.4) is 0 Å². The highest BCUT2D eigenvalue weighted by atomic mass is 35.5. The van der Waals surface area contributed by atoms with Gasteiger partial charge in [0.1, 0.15) is 10.8 Å². The highest BCUT2D eigenvalue weighted by molar-refractivity contribution is 6.34. The van der Waals surface area contributed by atoms with Gasteiger partial charge in [-0.25, -0.2) is 14.9 Å². The topological polar surface area (TPSA) is 68.5 Å². The van der Waals surface area contributed by atoms with Crippen LogP contribution in [0.15, 0.2) is 29.4 Å². The van der Waals surface area contributed by atoms with Gasteiger partial charge in [-0.15, -0.1) is 0 Å². The standard InChI is InChI=1S/C16H18Cl2N4O2/c1-10-11(9-19-20-15(23)24-16(2,3)4)14(18)22(21-10)13-8-6-5-7-12(13)17/h5-9H,1-4H3,(H,20,23)/b19-9+. The molecule has 1 amide bonds. The maximum absolute atomic E-state index is 11.6. The summed E-state index contributed by atoms with van der Waals surface area (Å²) in [7, 11) is 0. The summed E-state index contributed by atoms with van der Waals surface area (Å²) in [5, 5.41) is 9.09. The summed E-state index contributed by atoms with van der Waals surface area (Å²) in [6, 6.07) is 7.22. The molecule has 1 N–H and O–H groups in total. The molecule has 0 unspecified atom stereocenters. The van der Waals surface area contributed by atoms with E-state index < -0.39 is 11.7 Å². The van der Waals surface area contributed by atoms with Gasteiger partial charge in [-0.3, -0.25) is 0 Å². The second-order valence-electron chi connectivity index (χ2n) is 6.03. The quantitative estimate of drug-likeness (QED) is 0.646. The minimum Gasteiger partial charge on any atom is -0.443 e. The Morgan fingerprint density at radius 1 is 1.33 bits per heavy atom. The van der Waals surface area contributed by atoms with Crippen LogP contribution in [-0.2, 0) is 4.74 Å².